The van der Waals surface area contributed by atoms with E-state index in [4.69, 9.17) is 0 Å². The highest BCUT2D eigenvalue weighted by Gasteiger charge is 2.11. The van der Waals surface area contributed by atoms with Gasteiger partial charge >= 0.3 is 5.97 Å². The largest absolute Gasteiger partial charge is 0.508 e. The number of fused-ring (bicyclic) bond motifs is 1. The number of phenolic OH excluding ortho intramolecular Hbond substituents is 1. The number of carbonyl (C=O) groups is 1. The number of carboxylic acid groups (broad SMARTS) is 1. The van der Waals surface area contributed by atoms with Crippen molar-refractivity contribution in [2.75, 3.05) is 0 Å². The first-order valence-corrected chi connectivity index (χ1v) is 6.87. The molecule has 0 saturated carbocycles. The monoisotopic (exact) mass is 290 g/mol. The molecule has 108 valence electrons. The third kappa shape index (κ3) is 2.69. The maximum atomic E-state index is 11.6. The lowest BCUT2D eigenvalue weighted by Gasteiger charge is -2.06. The van der Waals surface area contributed by atoms with E-state index in [2.05, 4.69) is 0 Å². The van der Waals surface area contributed by atoms with Crippen molar-refractivity contribution in [3.05, 3.63) is 77.9 Å². The molecule has 3 rings (SSSR count). The summed E-state index contributed by atoms with van der Waals surface area (Å²) >= 11 is 0. The van der Waals surface area contributed by atoms with E-state index in [0.29, 0.717) is 5.56 Å². The second-order valence-corrected chi connectivity index (χ2v) is 4.98. The fourth-order valence-corrected chi connectivity index (χ4v) is 2.44. The third-order valence-electron chi connectivity index (χ3n) is 3.53. The lowest BCUT2D eigenvalue weighted by molar-refractivity contribution is -0.130. The molecule has 22 heavy (non-hydrogen) atoms. The van der Waals surface area contributed by atoms with Crippen molar-refractivity contribution in [2.24, 2.45) is 0 Å². The zero-order valence-corrected chi connectivity index (χ0v) is 11.7. The van der Waals surface area contributed by atoms with Crippen LogP contribution in [-0.4, -0.2) is 16.2 Å². The Morgan fingerprint density at radius 1 is 0.864 bits per heavy atom. The van der Waals surface area contributed by atoms with Gasteiger partial charge in [-0.25, -0.2) is 4.79 Å². The summed E-state index contributed by atoms with van der Waals surface area (Å²) in [7, 11) is 0. The van der Waals surface area contributed by atoms with E-state index in [9.17, 15) is 15.0 Å². The lowest BCUT2D eigenvalue weighted by Crippen LogP contribution is -1.99. The summed E-state index contributed by atoms with van der Waals surface area (Å²) in [6, 6.07) is 19.8. The van der Waals surface area contributed by atoms with Crippen LogP contribution >= 0.6 is 0 Å². The summed E-state index contributed by atoms with van der Waals surface area (Å²) in [5, 5.41) is 20.9. The van der Waals surface area contributed by atoms with Gasteiger partial charge in [0.2, 0.25) is 0 Å². The van der Waals surface area contributed by atoms with Crippen molar-refractivity contribution in [1.82, 2.24) is 0 Å². The molecule has 0 amide bonds. The fraction of sp³-hybridized carbons (Fsp3) is 0. The van der Waals surface area contributed by atoms with Crippen molar-refractivity contribution in [3.8, 4) is 5.75 Å². The topological polar surface area (TPSA) is 57.5 Å². The molecule has 0 fully saturated rings. The van der Waals surface area contributed by atoms with Crippen LogP contribution in [0.15, 0.2) is 66.7 Å². The summed E-state index contributed by atoms with van der Waals surface area (Å²) in [6.07, 6.45) is 1.66. The van der Waals surface area contributed by atoms with Gasteiger partial charge in [0.1, 0.15) is 5.75 Å². The Labute approximate surface area is 127 Å². The molecule has 3 heteroatoms. The van der Waals surface area contributed by atoms with Crippen molar-refractivity contribution in [2.45, 2.75) is 0 Å². The van der Waals surface area contributed by atoms with E-state index >= 15 is 0 Å². The van der Waals surface area contributed by atoms with Gasteiger partial charge < -0.3 is 10.2 Å². The van der Waals surface area contributed by atoms with Crippen LogP contribution in [0.2, 0.25) is 0 Å². The average Bonchev–Trinajstić information content (AvgIpc) is 2.53. The van der Waals surface area contributed by atoms with Crippen LogP contribution in [0, 0.1) is 0 Å². The van der Waals surface area contributed by atoms with Crippen molar-refractivity contribution >= 4 is 28.4 Å². The highest BCUT2D eigenvalue weighted by atomic mass is 16.4. The molecular formula is C19H14O3. The van der Waals surface area contributed by atoms with E-state index in [1.54, 1.807) is 18.2 Å². The number of aromatic hydroxyl groups is 1. The fourth-order valence-electron chi connectivity index (χ4n) is 2.44. The molecule has 0 aliphatic heterocycles. The van der Waals surface area contributed by atoms with Crippen LogP contribution in [0.5, 0.6) is 5.75 Å². The molecule has 2 N–H and O–H groups in total. The first kappa shape index (κ1) is 13.9. The Balaban J connectivity index is 2.17. The first-order chi connectivity index (χ1) is 10.6. The maximum absolute atomic E-state index is 11.6. The molecule has 0 atom stereocenters. The average molecular weight is 290 g/mol. The highest BCUT2D eigenvalue weighted by Crippen LogP contribution is 2.25. The smallest absolute Gasteiger partial charge is 0.336 e. The second-order valence-electron chi connectivity index (χ2n) is 4.98. The van der Waals surface area contributed by atoms with Gasteiger partial charge in [-0.1, -0.05) is 54.6 Å². The number of phenols is 1. The quantitative estimate of drug-likeness (QED) is 0.562. The van der Waals surface area contributed by atoms with E-state index in [1.165, 1.54) is 12.1 Å². The van der Waals surface area contributed by atoms with Gasteiger partial charge in [0.15, 0.2) is 0 Å². The molecular weight excluding hydrogens is 276 g/mol. The Morgan fingerprint density at radius 3 is 2.27 bits per heavy atom. The van der Waals surface area contributed by atoms with Gasteiger partial charge in [-0.15, -0.1) is 0 Å². The summed E-state index contributed by atoms with van der Waals surface area (Å²) in [5.74, 6) is -0.891. The second kappa shape index (κ2) is 5.74. The number of rotatable bonds is 3. The van der Waals surface area contributed by atoms with Crippen LogP contribution in [0.4, 0.5) is 0 Å². The van der Waals surface area contributed by atoms with Crippen LogP contribution in [0.1, 0.15) is 11.1 Å². The van der Waals surface area contributed by atoms with Crippen LogP contribution in [0.3, 0.4) is 0 Å². The molecule has 0 bridgehead atoms. The maximum Gasteiger partial charge on any atom is 0.336 e. The van der Waals surface area contributed by atoms with Gasteiger partial charge in [0, 0.05) is 0 Å². The predicted octanol–water partition coefficient (Wildman–Crippen LogP) is 4.17. The van der Waals surface area contributed by atoms with Gasteiger partial charge in [-0.2, -0.15) is 0 Å². The molecule has 0 saturated heterocycles. The molecule has 3 aromatic rings. The van der Waals surface area contributed by atoms with E-state index in [0.717, 1.165) is 16.3 Å². The van der Waals surface area contributed by atoms with E-state index < -0.39 is 5.97 Å². The number of aliphatic carboxylic acids is 1. The number of hydrogen-bond donors (Lipinski definition) is 2. The molecule has 0 radical (unpaired) electrons. The molecule has 0 spiro atoms. The summed E-state index contributed by atoms with van der Waals surface area (Å²) in [6.45, 7) is 0. The Hall–Kier alpha value is -3.07. The van der Waals surface area contributed by atoms with Gasteiger partial charge in [-0.05, 0) is 40.1 Å². The molecule has 0 heterocycles. The zero-order chi connectivity index (χ0) is 15.5. The highest BCUT2D eigenvalue weighted by molar-refractivity contribution is 6.21. The number of hydrogen-bond acceptors (Lipinski definition) is 2. The van der Waals surface area contributed by atoms with E-state index in [1.807, 2.05) is 42.5 Å². The van der Waals surface area contributed by atoms with Gasteiger partial charge in [0.25, 0.3) is 0 Å². The molecule has 3 nitrogen and oxygen atoms in total. The third-order valence-corrected chi connectivity index (χ3v) is 3.53. The minimum Gasteiger partial charge on any atom is -0.508 e. The predicted molar refractivity (Wildman–Crippen MR) is 87.6 cm³/mol. The van der Waals surface area contributed by atoms with Crippen LogP contribution in [0.25, 0.3) is 22.4 Å². The summed E-state index contributed by atoms with van der Waals surface area (Å²) < 4.78 is 0. The first-order valence-electron chi connectivity index (χ1n) is 6.87. The number of carboxylic acids is 1. The zero-order valence-electron chi connectivity index (χ0n) is 11.7. The molecule has 3 aromatic carbocycles. The standard InChI is InChI=1S/C19H14O3/c20-16-10-8-14(9-11-16)18(19(21)22)12-15-6-3-5-13-4-1-2-7-17(13)15/h1-12,20H,(H,21,22)/b18-12-. The normalized spacial score (nSPS) is 11.5. The van der Waals surface area contributed by atoms with Crippen LogP contribution in [-0.2, 0) is 4.79 Å². The van der Waals surface area contributed by atoms with Crippen molar-refractivity contribution in [1.29, 1.82) is 0 Å². The molecule has 0 unspecified atom stereocenters. The summed E-state index contributed by atoms with van der Waals surface area (Å²) in [4.78, 5) is 11.6. The van der Waals surface area contributed by atoms with Crippen LogP contribution < -0.4 is 0 Å². The Morgan fingerprint density at radius 2 is 1.55 bits per heavy atom. The summed E-state index contributed by atoms with van der Waals surface area (Å²) in [5.41, 5.74) is 1.60. The molecule has 0 aliphatic carbocycles. The minimum absolute atomic E-state index is 0.110. The van der Waals surface area contributed by atoms with Crippen molar-refractivity contribution < 1.29 is 15.0 Å². The van der Waals surface area contributed by atoms with Gasteiger partial charge in [0.05, 0.1) is 5.57 Å². The molecule has 0 aliphatic rings. The Kier molecular flexibility index (Phi) is 3.62. The number of benzene rings is 3. The lowest BCUT2D eigenvalue weighted by atomic mass is 9.99. The van der Waals surface area contributed by atoms with Crippen molar-refractivity contribution in [3.63, 3.8) is 0 Å². The minimum atomic E-state index is -1.00. The van der Waals surface area contributed by atoms with Gasteiger partial charge in [-0.3, -0.25) is 0 Å². The molecule has 0 aromatic heterocycles. The SMILES string of the molecule is O=C(O)/C(=C\c1cccc2ccccc12)c1ccc(O)cc1. The van der Waals surface area contributed by atoms with E-state index in [-0.39, 0.29) is 11.3 Å². The Bertz CT molecular complexity index is 856.